The third-order valence-electron chi connectivity index (χ3n) is 5.22. The van der Waals surface area contributed by atoms with Gasteiger partial charge in [-0.3, -0.25) is 4.79 Å². The summed E-state index contributed by atoms with van der Waals surface area (Å²) in [6, 6.07) is 12.1. The lowest BCUT2D eigenvalue weighted by Gasteiger charge is -2.11. The first kappa shape index (κ1) is 22.6. The predicted molar refractivity (Wildman–Crippen MR) is 123 cm³/mol. The van der Waals surface area contributed by atoms with E-state index >= 15 is 0 Å². The first-order valence-corrected chi connectivity index (χ1v) is 11.8. The van der Waals surface area contributed by atoms with Crippen LogP contribution in [0.25, 0.3) is 22.4 Å². The number of sulfonamides is 1. The van der Waals surface area contributed by atoms with E-state index in [1.54, 1.807) is 36.4 Å². The molecule has 0 aliphatic carbocycles. The molecular formula is C21H24N8O3S. The molecule has 0 spiro atoms. The largest absolute Gasteiger partial charge is 0.328 e. The molecule has 11 nitrogen and oxygen atoms in total. The molecule has 0 radical (unpaired) electrons. The number of aryl methyl sites for hydroxylation is 2. The highest BCUT2D eigenvalue weighted by Crippen LogP contribution is 2.23. The van der Waals surface area contributed by atoms with Gasteiger partial charge in [0.25, 0.3) is 0 Å². The van der Waals surface area contributed by atoms with Crippen molar-refractivity contribution in [2.45, 2.75) is 31.2 Å². The Morgan fingerprint density at radius 2 is 2.00 bits per heavy atom. The Balaban J connectivity index is 1.50. The second-order valence-corrected chi connectivity index (χ2v) is 9.73. The van der Waals surface area contributed by atoms with E-state index in [9.17, 15) is 13.2 Å². The molecule has 2 aromatic carbocycles. The zero-order chi connectivity index (χ0) is 23.6. The number of aromatic nitrogens is 6. The standard InChI is InChI=1S/C21H24N8O3S/c1-4-29-18-9-8-16(33(31,32)28(2)3)13-17(18)23-19(29)10-11-20(30)22-15-7-5-6-14(12-15)21-24-26-27-25-21/h5-9,12-13H,4,10-11H2,1-3H3,(H,22,30)(H,24,25,26,27). The van der Waals surface area contributed by atoms with Crippen LogP contribution in [0.1, 0.15) is 19.2 Å². The van der Waals surface area contributed by atoms with Crippen LogP contribution in [0, 0.1) is 0 Å². The van der Waals surface area contributed by atoms with Crippen molar-refractivity contribution in [3.05, 3.63) is 48.3 Å². The molecule has 4 aromatic rings. The summed E-state index contributed by atoms with van der Waals surface area (Å²) < 4.78 is 28.1. The highest BCUT2D eigenvalue weighted by molar-refractivity contribution is 7.89. The Bertz CT molecular complexity index is 1390. The first-order valence-electron chi connectivity index (χ1n) is 10.3. The van der Waals surface area contributed by atoms with Crippen molar-refractivity contribution in [2.24, 2.45) is 0 Å². The Hall–Kier alpha value is -3.64. The fourth-order valence-corrected chi connectivity index (χ4v) is 4.47. The summed E-state index contributed by atoms with van der Waals surface area (Å²) >= 11 is 0. The number of hydrogen-bond donors (Lipinski definition) is 2. The van der Waals surface area contributed by atoms with Crippen LogP contribution in [-0.4, -0.2) is 62.9 Å². The van der Waals surface area contributed by atoms with Crippen LogP contribution in [0.5, 0.6) is 0 Å². The number of aromatic amines is 1. The van der Waals surface area contributed by atoms with Gasteiger partial charge in [0.1, 0.15) is 5.82 Å². The van der Waals surface area contributed by atoms with Gasteiger partial charge in [-0.25, -0.2) is 17.7 Å². The van der Waals surface area contributed by atoms with Crippen LogP contribution in [0.2, 0.25) is 0 Å². The molecule has 2 heterocycles. The van der Waals surface area contributed by atoms with E-state index in [0.29, 0.717) is 30.0 Å². The number of nitrogens with one attached hydrogen (secondary N) is 2. The van der Waals surface area contributed by atoms with Crippen LogP contribution >= 0.6 is 0 Å². The Kier molecular flexibility index (Phi) is 6.20. The minimum atomic E-state index is -3.55. The lowest BCUT2D eigenvalue weighted by atomic mass is 10.2. The molecular weight excluding hydrogens is 444 g/mol. The number of fused-ring (bicyclic) bond motifs is 1. The number of benzene rings is 2. The number of hydrogen-bond acceptors (Lipinski definition) is 7. The lowest BCUT2D eigenvalue weighted by Crippen LogP contribution is -2.22. The van der Waals surface area contributed by atoms with E-state index in [1.807, 2.05) is 17.6 Å². The van der Waals surface area contributed by atoms with Gasteiger partial charge in [-0.2, -0.15) is 5.21 Å². The maximum absolute atomic E-state index is 12.6. The van der Waals surface area contributed by atoms with Crippen molar-refractivity contribution in [3.8, 4) is 11.4 Å². The van der Waals surface area contributed by atoms with Crippen LogP contribution < -0.4 is 5.32 Å². The first-order chi connectivity index (χ1) is 15.8. The molecule has 0 unspecified atom stereocenters. The second-order valence-electron chi connectivity index (χ2n) is 7.57. The fourth-order valence-electron chi connectivity index (χ4n) is 3.54. The van der Waals surface area contributed by atoms with E-state index in [0.717, 1.165) is 16.9 Å². The maximum atomic E-state index is 12.6. The quantitative estimate of drug-likeness (QED) is 0.403. The monoisotopic (exact) mass is 468 g/mol. The summed E-state index contributed by atoms with van der Waals surface area (Å²) in [5.74, 6) is 1.01. The molecule has 0 saturated heterocycles. The highest BCUT2D eigenvalue weighted by Gasteiger charge is 2.20. The van der Waals surface area contributed by atoms with Crippen molar-refractivity contribution >= 4 is 32.7 Å². The number of tetrazole rings is 1. The van der Waals surface area contributed by atoms with Gasteiger partial charge in [-0.15, -0.1) is 10.2 Å². The average Bonchev–Trinajstić information content (AvgIpc) is 3.45. The minimum absolute atomic E-state index is 0.161. The molecule has 33 heavy (non-hydrogen) atoms. The molecule has 0 saturated carbocycles. The molecule has 0 aliphatic rings. The molecule has 4 rings (SSSR count). The molecule has 1 amide bonds. The summed E-state index contributed by atoms with van der Waals surface area (Å²) in [5.41, 5.74) is 2.78. The summed E-state index contributed by atoms with van der Waals surface area (Å²) in [6.07, 6.45) is 0.632. The summed E-state index contributed by atoms with van der Waals surface area (Å²) in [4.78, 5) is 17.4. The topological polar surface area (TPSA) is 139 Å². The van der Waals surface area contributed by atoms with Gasteiger partial charge in [-0.1, -0.05) is 12.1 Å². The third-order valence-corrected chi connectivity index (χ3v) is 7.03. The molecule has 12 heteroatoms. The van der Waals surface area contributed by atoms with Crippen LogP contribution in [0.15, 0.2) is 47.4 Å². The van der Waals surface area contributed by atoms with Gasteiger partial charge < -0.3 is 9.88 Å². The van der Waals surface area contributed by atoms with Gasteiger partial charge in [0.15, 0.2) is 0 Å². The van der Waals surface area contributed by atoms with E-state index < -0.39 is 10.0 Å². The van der Waals surface area contributed by atoms with Crippen molar-refractivity contribution in [3.63, 3.8) is 0 Å². The number of anilines is 1. The molecule has 2 aromatic heterocycles. The molecule has 0 fully saturated rings. The maximum Gasteiger partial charge on any atom is 0.242 e. The van der Waals surface area contributed by atoms with Crippen LogP contribution in [0.4, 0.5) is 5.69 Å². The van der Waals surface area contributed by atoms with Gasteiger partial charge >= 0.3 is 0 Å². The number of imidazole rings is 1. The summed E-state index contributed by atoms with van der Waals surface area (Å²) in [6.45, 7) is 2.64. The summed E-state index contributed by atoms with van der Waals surface area (Å²) in [7, 11) is -0.569. The van der Waals surface area contributed by atoms with Crippen LogP contribution in [0.3, 0.4) is 0 Å². The Morgan fingerprint density at radius 3 is 2.70 bits per heavy atom. The number of rotatable bonds is 8. The highest BCUT2D eigenvalue weighted by atomic mass is 32.2. The lowest BCUT2D eigenvalue weighted by molar-refractivity contribution is -0.116. The van der Waals surface area contributed by atoms with Gasteiger partial charge in [0, 0.05) is 44.7 Å². The number of carbonyl (C=O) groups is 1. The predicted octanol–water partition coefficient (Wildman–Crippen LogP) is 2.06. The van der Waals surface area contributed by atoms with E-state index in [1.165, 1.54) is 18.4 Å². The molecule has 0 aliphatic heterocycles. The fraction of sp³-hybridized carbons (Fsp3) is 0.286. The van der Waals surface area contributed by atoms with Crippen molar-refractivity contribution < 1.29 is 13.2 Å². The van der Waals surface area contributed by atoms with E-state index in [-0.39, 0.29) is 17.2 Å². The Labute approximate surface area is 190 Å². The van der Waals surface area contributed by atoms with Crippen molar-refractivity contribution in [1.29, 1.82) is 0 Å². The zero-order valence-corrected chi connectivity index (χ0v) is 19.3. The second kappa shape index (κ2) is 9.08. The van der Waals surface area contributed by atoms with E-state index in [4.69, 9.17) is 0 Å². The molecule has 2 N–H and O–H groups in total. The number of nitrogens with zero attached hydrogens (tertiary/aromatic N) is 6. The number of amides is 1. The number of H-pyrrole nitrogens is 1. The van der Waals surface area contributed by atoms with E-state index in [2.05, 4.69) is 30.9 Å². The van der Waals surface area contributed by atoms with Gasteiger partial charge in [0.05, 0.1) is 15.9 Å². The SMILES string of the molecule is CCn1c(CCC(=O)Nc2cccc(-c3nn[nH]n3)c2)nc2cc(S(=O)(=O)N(C)C)ccc21. The summed E-state index contributed by atoms with van der Waals surface area (Å²) in [5, 5.41) is 16.7. The third kappa shape index (κ3) is 4.61. The average molecular weight is 469 g/mol. The minimum Gasteiger partial charge on any atom is -0.328 e. The normalized spacial score (nSPS) is 11.9. The van der Waals surface area contributed by atoms with Crippen molar-refractivity contribution in [1.82, 2.24) is 34.5 Å². The van der Waals surface area contributed by atoms with Crippen LogP contribution in [-0.2, 0) is 27.8 Å². The molecule has 172 valence electrons. The Morgan fingerprint density at radius 1 is 1.18 bits per heavy atom. The van der Waals surface area contributed by atoms with Gasteiger partial charge in [0.2, 0.25) is 21.8 Å². The van der Waals surface area contributed by atoms with Crippen molar-refractivity contribution in [2.75, 3.05) is 19.4 Å². The molecule has 0 bridgehead atoms. The number of carbonyl (C=O) groups excluding carboxylic acids is 1. The zero-order valence-electron chi connectivity index (χ0n) is 18.5. The smallest absolute Gasteiger partial charge is 0.242 e. The van der Waals surface area contributed by atoms with Gasteiger partial charge in [-0.05, 0) is 42.5 Å². The molecule has 0 atom stereocenters.